The SMILES string of the molecule is O=C(C1CCNC1)n1oc(=O)c(-c2ccc(F)cc2)c1-c1ccncc1. The zero-order valence-electron chi connectivity index (χ0n) is 13.8. The molecule has 1 aliphatic heterocycles. The van der Waals surface area contributed by atoms with E-state index in [0.29, 0.717) is 29.8 Å². The maximum Gasteiger partial charge on any atom is 0.366 e. The van der Waals surface area contributed by atoms with Gasteiger partial charge in [0.25, 0.3) is 5.91 Å². The summed E-state index contributed by atoms with van der Waals surface area (Å²) in [5.74, 6) is -0.935. The third-order valence-electron chi connectivity index (χ3n) is 4.51. The lowest BCUT2D eigenvalue weighted by molar-refractivity contribution is 0.0718. The lowest BCUT2D eigenvalue weighted by Crippen LogP contribution is -2.24. The molecule has 6 nitrogen and oxygen atoms in total. The van der Waals surface area contributed by atoms with E-state index in [9.17, 15) is 14.0 Å². The van der Waals surface area contributed by atoms with Gasteiger partial charge in [0, 0.05) is 24.5 Å². The van der Waals surface area contributed by atoms with Gasteiger partial charge in [-0.3, -0.25) is 9.78 Å². The molecule has 1 unspecified atom stereocenters. The highest BCUT2D eigenvalue weighted by Gasteiger charge is 2.30. The highest BCUT2D eigenvalue weighted by Crippen LogP contribution is 2.31. The fourth-order valence-corrected chi connectivity index (χ4v) is 3.20. The first-order valence-corrected chi connectivity index (χ1v) is 8.33. The van der Waals surface area contributed by atoms with Crippen molar-refractivity contribution in [2.45, 2.75) is 6.42 Å². The van der Waals surface area contributed by atoms with Crippen LogP contribution in [0.25, 0.3) is 22.4 Å². The van der Waals surface area contributed by atoms with E-state index in [0.717, 1.165) is 11.3 Å². The van der Waals surface area contributed by atoms with Crippen LogP contribution in [0.4, 0.5) is 4.39 Å². The van der Waals surface area contributed by atoms with Crippen LogP contribution in [0.3, 0.4) is 0 Å². The van der Waals surface area contributed by atoms with Crippen molar-refractivity contribution in [2.24, 2.45) is 5.92 Å². The zero-order chi connectivity index (χ0) is 18.1. The van der Waals surface area contributed by atoms with Crippen LogP contribution < -0.4 is 10.9 Å². The Morgan fingerprint density at radius 1 is 1.15 bits per heavy atom. The number of benzene rings is 1. The van der Waals surface area contributed by atoms with Crippen LogP contribution in [-0.2, 0) is 0 Å². The van der Waals surface area contributed by atoms with E-state index >= 15 is 0 Å². The first-order chi connectivity index (χ1) is 12.6. The molecule has 0 saturated carbocycles. The maximum absolute atomic E-state index is 13.3. The van der Waals surface area contributed by atoms with Gasteiger partial charge >= 0.3 is 5.63 Å². The van der Waals surface area contributed by atoms with Crippen LogP contribution >= 0.6 is 0 Å². The van der Waals surface area contributed by atoms with Gasteiger partial charge in [-0.1, -0.05) is 12.1 Å². The van der Waals surface area contributed by atoms with Gasteiger partial charge in [-0.2, -0.15) is 0 Å². The maximum atomic E-state index is 13.3. The lowest BCUT2D eigenvalue weighted by Gasteiger charge is -2.11. The molecular weight excluding hydrogens is 337 g/mol. The Balaban J connectivity index is 1.92. The number of hydrogen-bond donors (Lipinski definition) is 1. The third-order valence-corrected chi connectivity index (χ3v) is 4.51. The van der Waals surface area contributed by atoms with Gasteiger partial charge in [-0.25, -0.2) is 9.18 Å². The summed E-state index contributed by atoms with van der Waals surface area (Å²) in [5, 5.41) is 3.14. The Labute approximate surface area is 148 Å². The second kappa shape index (κ2) is 6.68. The fraction of sp³-hybridized carbons (Fsp3) is 0.211. The van der Waals surface area contributed by atoms with Crippen LogP contribution in [0.2, 0.25) is 0 Å². The third kappa shape index (κ3) is 2.86. The highest BCUT2D eigenvalue weighted by molar-refractivity contribution is 5.90. The highest BCUT2D eigenvalue weighted by atomic mass is 19.1. The standard InChI is InChI=1S/C19H16FN3O3/c20-15-3-1-12(2-4-15)16-17(13-5-8-21-9-6-13)23(26-19(16)25)18(24)14-7-10-22-11-14/h1-6,8-9,14,22H,7,10-11H2. The number of carbonyl (C=O) groups excluding carboxylic acids is 1. The summed E-state index contributed by atoms with van der Waals surface area (Å²) in [6.45, 7) is 1.29. The van der Waals surface area contributed by atoms with E-state index in [1.165, 1.54) is 24.3 Å². The number of aromatic nitrogens is 2. The van der Waals surface area contributed by atoms with Crippen molar-refractivity contribution in [1.29, 1.82) is 0 Å². The van der Waals surface area contributed by atoms with Crippen molar-refractivity contribution in [3.8, 4) is 22.4 Å². The topological polar surface area (TPSA) is 77.1 Å². The van der Waals surface area contributed by atoms with E-state index in [1.54, 1.807) is 24.5 Å². The van der Waals surface area contributed by atoms with E-state index in [4.69, 9.17) is 4.52 Å². The Hall–Kier alpha value is -3.06. The summed E-state index contributed by atoms with van der Waals surface area (Å²) in [7, 11) is 0. The Bertz CT molecular complexity index is 987. The van der Waals surface area contributed by atoms with Gasteiger partial charge in [-0.15, -0.1) is 4.74 Å². The normalized spacial score (nSPS) is 16.7. The summed E-state index contributed by atoms with van der Waals surface area (Å²) in [4.78, 5) is 29.5. The Morgan fingerprint density at radius 2 is 1.88 bits per heavy atom. The molecule has 26 heavy (non-hydrogen) atoms. The number of nitrogens with zero attached hydrogens (tertiary/aromatic N) is 2. The van der Waals surface area contributed by atoms with Crippen molar-refractivity contribution in [2.75, 3.05) is 13.1 Å². The van der Waals surface area contributed by atoms with Crippen molar-refractivity contribution < 1.29 is 13.7 Å². The Morgan fingerprint density at radius 3 is 2.54 bits per heavy atom. The zero-order valence-corrected chi connectivity index (χ0v) is 13.8. The molecule has 1 aliphatic rings. The molecule has 1 N–H and O–H groups in total. The first-order valence-electron chi connectivity index (χ1n) is 8.33. The molecule has 7 heteroatoms. The molecule has 1 saturated heterocycles. The summed E-state index contributed by atoms with van der Waals surface area (Å²) in [6, 6.07) is 8.94. The molecule has 0 bridgehead atoms. The molecule has 3 heterocycles. The summed E-state index contributed by atoms with van der Waals surface area (Å²) in [5.41, 5.74) is 1.08. The second-order valence-electron chi connectivity index (χ2n) is 6.17. The summed E-state index contributed by atoms with van der Waals surface area (Å²) >= 11 is 0. The molecule has 0 radical (unpaired) electrons. The molecule has 3 aromatic rings. The van der Waals surface area contributed by atoms with Gasteiger partial charge in [0.2, 0.25) is 0 Å². The van der Waals surface area contributed by atoms with Gasteiger partial charge in [0.15, 0.2) is 0 Å². The van der Waals surface area contributed by atoms with Crippen LogP contribution in [0.15, 0.2) is 58.1 Å². The van der Waals surface area contributed by atoms with Gasteiger partial charge in [0.1, 0.15) is 11.5 Å². The van der Waals surface area contributed by atoms with Crippen molar-refractivity contribution in [3.05, 3.63) is 65.0 Å². The number of carbonyl (C=O) groups is 1. The van der Waals surface area contributed by atoms with E-state index < -0.39 is 11.4 Å². The smallest absolute Gasteiger partial charge is 0.328 e. The lowest BCUT2D eigenvalue weighted by atomic mass is 10.0. The largest absolute Gasteiger partial charge is 0.366 e. The van der Waals surface area contributed by atoms with Crippen LogP contribution in [0, 0.1) is 11.7 Å². The molecule has 1 fully saturated rings. The fourth-order valence-electron chi connectivity index (χ4n) is 3.20. The predicted molar refractivity (Wildman–Crippen MR) is 93.2 cm³/mol. The molecule has 0 aliphatic carbocycles. The van der Waals surface area contributed by atoms with Crippen LogP contribution in [0.5, 0.6) is 0 Å². The number of hydrogen-bond acceptors (Lipinski definition) is 5. The predicted octanol–water partition coefficient (Wildman–Crippen LogP) is 2.56. The molecule has 0 spiro atoms. The van der Waals surface area contributed by atoms with Crippen molar-refractivity contribution in [3.63, 3.8) is 0 Å². The van der Waals surface area contributed by atoms with Crippen molar-refractivity contribution >= 4 is 5.91 Å². The van der Waals surface area contributed by atoms with Gasteiger partial charge in [0.05, 0.1) is 11.5 Å². The average Bonchev–Trinajstić information content (AvgIpc) is 3.31. The summed E-state index contributed by atoms with van der Waals surface area (Å²) in [6.07, 6.45) is 3.84. The molecular formula is C19H16FN3O3. The van der Waals surface area contributed by atoms with Gasteiger partial charge < -0.3 is 9.84 Å². The first kappa shape index (κ1) is 16.4. The molecule has 132 valence electrons. The van der Waals surface area contributed by atoms with E-state index in [1.807, 2.05) is 0 Å². The molecule has 4 rings (SSSR count). The van der Waals surface area contributed by atoms with E-state index in [2.05, 4.69) is 10.3 Å². The van der Waals surface area contributed by atoms with Crippen LogP contribution in [-0.4, -0.2) is 28.7 Å². The second-order valence-corrected chi connectivity index (χ2v) is 6.17. The molecule has 1 atom stereocenters. The Kier molecular flexibility index (Phi) is 4.22. The van der Waals surface area contributed by atoms with Gasteiger partial charge in [-0.05, 0) is 42.8 Å². The van der Waals surface area contributed by atoms with E-state index in [-0.39, 0.29) is 17.4 Å². The summed E-state index contributed by atoms with van der Waals surface area (Å²) < 4.78 is 19.7. The minimum atomic E-state index is -0.636. The minimum absolute atomic E-state index is 0.232. The number of rotatable bonds is 3. The minimum Gasteiger partial charge on any atom is -0.328 e. The number of pyridine rings is 1. The molecule has 1 aromatic carbocycles. The number of nitrogens with one attached hydrogen (secondary N) is 1. The number of halogens is 1. The monoisotopic (exact) mass is 353 g/mol. The van der Waals surface area contributed by atoms with Crippen LogP contribution in [0.1, 0.15) is 11.2 Å². The average molecular weight is 353 g/mol. The van der Waals surface area contributed by atoms with Crippen molar-refractivity contribution in [1.82, 2.24) is 15.0 Å². The quantitative estimate of drug-likeness (QED) is 0.783. The molecule has 0 amide bonds. The molecule has 2 aromatic heterocycles.